The second-order valence-electron chi connectivity index (χ2n) is 4.05. The van der Waals surface area contributed by atoms with Crippen molar-refractivity contribution in [3.8, 4) is 11.5 Å². The summed E-state index contributed by atoms with van der Waals surface area (Å²) in [5, 5.41) is 18.6. The van der Waals surface area contributed by atoms with Crippen molar-refractivity contribution in [2.24, 2.45) is 0 Å². The second-order valence-corrected chi connectivity index (χ2v) is 4.67. The summed E-state index contributed by atoms with van der Waals surface area (Å²) in [6.07, 6.45) is 0.468. The SMILES string of the molecule is O=PCC(c1ccc(O)cc1)c1ccc(O)cc1. The highest BCUT2D eigenvalue weighted by atomic mass is 31.1. The first-order valence-corrected chi connectivity index (χ1v) is 6.57. The maximum absolute atomic E-state index is 10.9. The molecule has 0 radical (unpaired) electrons. The van der Waals surface area contributed by atoms with E-state index in [2.05, 4.69) is 0 Å². The predicted octanol–water partition coefficient (Wildman–Crippen LogP) is 3.52. The number of hydrogen-bond donors (Lipinski definition) is 2. The first kappa shape index (κ1) is 12.6. The average molecular weight is 260 g/mol. The van der Waals surface area contributed by atoms with Crippen molar-refractivity contribution in [2.75, 3.05) is 6.16 Å². The van der Waals surface area contributed by atoms with Gasteiger partial charge in [-0.3, -0.25) is 4.57 Å². The van der Waals surface area contributed by atoms with Crippen LogP contribution in [0.3, 0.4) is 0 Å². The Balaban J connectivity index is 2.35. The van der Waals surface area contributed by atoms with Crippen molar-refractivity contribution < 1.29 is 14.8 Å². The molecule has 0 bridgehead atoms. The molecule has 0 atom stereocenters. The van der Waals surface area contributed by atoms with E-state index in [0.717, 1.165) is 11.1 Å². The molecule has 0 amide bonds. The molecular weight excluding hydrogens is 247 g/mol. The molecule has 2 N–H and O–H groups in total. The standard InChI is InChI=1S/C14H13O3P/c15-12-5-1-10(2-6-12)14(9-18-17)11-3-7-13(16)8-4-11/h1-8,14-16H,9H2. The Morgan fingerprint density at radius 3 is 1.56 bits per heavy atom. The summed E-state index contributed by atoms with van der Waals surface area (Å²) in [6.45, 7) is 0. The predicted molar refractivity (Wildman–Crippen MR) is 70.5 cm³/mol. The zero-order valence-electron chi connectivity index (χ0n) is 9.65. The van der Waals surface area contributed by atoms with Gasteiger partial charge in [-0.05, 0) is 35.4 Å². The second kappa shape index (κ2) is 5.65. The number of phenols is 2. The van der Waals surface area contributed by atoms with Gasteiger partial charge in [-0.25, -0.2) is 0 Å². The number of hydrogen-bond acceptors (Lipinski definition) is 3. The van der Waals surface area contributed by atoms with Gasteiger partial charge in [0.2, 0.25) is 0 Å². The highest BCUT2D eigenvalue weighted by molar-refractivity contribution is 7.23. The molecule has 2 rings (SSSR count). The van der Waals surface area contributed by atoms with Gasteiger partial charge in [0.15, 0.2) is 8.46 Å². The summed E-state index contributed by atoms with van der Waals surface area (Å²) in [7, 11) is 0.0707. The van der Waals surface area contributed by atoms with Gasteiger partial charge in [0.1, 0.15) is 11.5 Å². The number of rotatable bonds is 4. The summed E-state index contributed by atoms with van der Waals surface area (Å²) < 4.78 is 10.9. The van der Waals surface area contributed by atoms with Crippen LogP contribution in [0.4, 0.5) is 0 Å². The molecule has 0 aliphatic heterocycles. The minimum absolute atomic E-state index is 0.00892. The maximum Gasteiger partial charge on any atom is 0.156 e. The lowest BCUT2D eigenvalue weighted by molar-refractivity contribution is 0.475. The Hall–Kier alpha value is -1.86. The van der Waals surface area contributed by atoms with Crippen LogP contribution in [-0.4, -0.2) is 16.4 Å². The smallest absolute Gasteiger partial charge is 0.156 e. The lowest BCUT2D eigenvalue weighted by Crippen LogP contribution is -2.02. The zero-order valence-corrected chi connectivity index (χ0v) is 10.5. The molecule has 0 saturated heterocycles. The molecule has 0 saturated carbocycles. The third-order valence-electron chi connectivity index (χ3n) is 2.85. The van der Waals surface area contributed by atoms with Gasteiger partial charge in [-0.2, -0.15) is 0 Å². The summed E-state index contributed by atoms with van der Waals surface area (Å²) in [5.74, 6) is 0.413. The van der Waals surface area contributed by atoms with E-state index in [1.54, 1.807) is 24.3 Å². The van der Waals surface area contributed by atoms with Crippen LogP contribution in [0.15, 0.2) is 48.5 Å². The lowest BCUT2D eigenvalue weighted by Gasteiger charge is -2.15. The fraction of sp³-hybridized carbons (Fsp3) is 0.143. The van der Waals surface area contributed by atoms with E-state index in [4.69, 9.17) is 0 Å². The molecule has 0 aliphatic carbocycles. The van der Waals surface area contributed by atoms with Crippen molar-refractivity contribution >= 4 is 8.46 Å². The summed E-state index contributed by atoms with van der Waals surface area (Å²) >= 11 is 0. The zero-order chi connectivity index (χ0) is 13.0. The van der Waals surface area contributed by atoms with Crippen molar-refractivity contribution in [1.29, 1.82) is 0 Å². The van der Waals surface area contributed by atoms with E-state index < -0.39 is 0 Å². The maximum atomic E-state index is 10.9. The lowest BCUT2D eigenvalue weighted by atomic mass is 9.93. The Bertz CT molecular complexity index is 474. The van der Waals surface area contributed by atoms with Gasteiger partial charge in [0.25, 0.3) is 0 Å². The van der Waals surface area contributed by atoms with Crippen molar-refractivity contribution in [1.82, 2.24) is 0 Å². The van der Waals surface area contributed by atoms with E-state index in [9.17, 15) is 14.8 Å². The van der Waals surface area contributed by atoms with Crippen LogP contribution in [-0.2, 0) is 4.57 Å². The summed E-state index contributed by atoms with van der Waals surface area (Å²) in [4.78, 5) is 0. The highest BCUT2D eigenvalue weighted by Gasteiger charge is 2.14. The van der Waals surface area contributed by atoms with Gasteiger partial charge in [0, 0.05) is 12.1 Å². The molecule has 0 aromatic heterocycles. The van der Waals surface area contributed by atoms with E-state index in [0.29, 0.717) is 6.16 Å². The van der Waals surface area contributed by atoms with E-state index in [1.807, 2.05) is 24.3 Å². The van der Waals surface area contributed by atoms with Crippen molar-refractivity contribution in [2.45, 2.75) is 5.92 Å². The Morgan fingerprint density at radius 1 is 0.833 bits per heavy atom. The Labute approximate surface area is 107 Å². The van der Waals surface area contributed by atoms with Crippen molar-refractivity contribution in [3.63, 3.8) is 0 Å². The average Bonchev–Trinajstić information content (AvgIpc) is 2.39. The molecule has 2 aromatic carbocycles. The van der Waals surface area contributed by atoms with Crippen LogP contribution in [0.2, 0.25) is 0 Å². The van der Waals surface area contributed by atoms with Crippen LogP contribution in [0.1, 0.15) is 17.0 Å². The number of aromatic hydroxyl groups is 2. The van der Waals surface area contributed by atoms with Crippen LogP contribution in [0.25, 0.3) is 0 Å². The fourth-order valence-electron chi connectivity index (χ4n) is 1.89. The molecule has 2 aromatic rings. The van der Waals surface area contributed by atoms with Crippen LogP contribution in [0, 0.1) is 0 Å². The van der Waals surface area contributed by atoms with E-state index >= 15 is 0 Å². The minimum Gasteiger partial charge on any atom is -0.508 e. The molecule has 3 nitrogen and oxygen atoms in total. The van der Waals surface area contributed by atoms with Crippen LogP contribution < -0.4 is 0 Å². The molecule has 4 heteroatoms. The molecule has 18 heavy (non-hydrogen) atoms. The molecular formula is C14H13O3P. The first-order valence-electron chi connectivity index (χ1n) is 5.57. The summed E-state index contributed by atoms with van der Waals surface area (Å²) in [5.41, 5.74) is 1.98. The normalized spacial score (nSPS) is 10.9. The Morgan fingerprint density at radius 2 is 1.22 bits per heavy atom. The summed E-state index contributed by atoms with van der Waals surface area (Å²) in [6, 6.07) is 13.7. The molecule has 0 heterocycles. The van der Waals surface area contributed by atoms with Crippen LogP contribution >= 0.6 is 8.46 Å². The van der Waals surface area contributed by atoms with E-state index in [1.165, 1.54) is 0 Å². The third-order valence-corrected chi connectivity index (χ3v) is 3.36. The van der Waals surface area contributed by atoms with Crippen molar-refractivity contribution in [3.05, 3.63) is 59.7 Å². The van der Waals surface area contributed by atoms with Gasteiger partial charge < -0.3 is 10.2 Å². The van der Waals surface area contributed by atoms with E-state index in [-0.39, 0.29) is 25.9 Å². The van der Waals surface area contributed by atoms with Crippen LogP contribution in [0.5, 0.6) is 11.5 Å². The minimum atomic E-state index is -0.00892. The topological polar surface area (TPSA) is 57.5 Å². The molecule has 0 aliphatic rings. The molecule has 0 fully saturated rings. The Kier molecular flexibility index (Phi) is 3.96. The third kappa shape index (κ3) is 2.88. The molecule has 0 unspecified atom stereocenters. The first-order chi connectivity index (χ1) is 8.70. The van der Waals surface area contributed by atoms with Gasteiger partial charge in [-0.15, -0.1) is 0 Å². The molecule has 92 valence electrons. The van der Waals surface area contributed by atoms with Gasteiger partial charge >= 0.3 is 0 Å². The number of benzene rings is 2. The molecule has 0 spiro atoms. The fourth-order valence-corrected chi connectivity index (χ4v) is 2.46. The van der Waals surface area contributed by atoms with Gasteiger partial charge in [-0.1, -0.05) is 24.3 Å². The monoisotopic (exact) mass is 260 g/mol. The number of phenolic OH excluding ortho intramolecular Hbond substituents is 2. The van der Waals surface area contributed by atoms with Gasteiger partial charge in [0.05, 0.1) is 0 Å². The quantitative estimate of drug-likeness (QED) is 0.827. The largest absolute Gasteiger partial charge is 0.508 e. The highest BCUT2D eigenvalue weighted by Crippen LogP contribution is 2.29.